The molecule has 6 heteroatoms. The van der Waals surface area contributed by atoms with E-state index in [0.29, 0.717) is 17.1 Å². The minimum absolute atomic E-state index is 0.0524. The predicted molar refractivity (Wildman–Crippen MR) is 89.8 cm³/mol. The van der Waals surface area contributed by atoms with Gasteiger partial charge in [-0.15, -0.1) is 0 Å². The van der Waals surface area contributed by atoms with Gasteiger partial charge >= 0.3 is 0 Å². The van der Waals surface area contributed by atoms with Gasteiger partial charge in [0.25, 0.3) is 5.91 Å². The van der Waals surface area contributed by atoms with Crippen LogP contribution in [-0.4, -0.2) is 28.2 Å². The first-order valence-corrected chi connectivity index (χ1v) is 7.58. The summed E-state index contributed by atoms with van der Waals surface area (Å²) in [4.78, 5) is 31.8. The highest BCUT2D eigenvalue weighted by molar-refractivity contribution is 6.03. The normalized spacial score (nSPS) is 10.2. The van der Waals surface area contributed by atoms with Gasteiger partial charge in [-0.25, -0.2) is 9.97 Å². The number of hydrogen-bond acceptors (Lipinski definition) is 5. The van der Waals surface area contributed by atoms with E-state index < -0.39 is 0 Å². The maximum atomic E-state index is 12.1. The zero-order chi connectivity index (χ0) is 16.7. The molecule has 0 saturated carbocycles. The van der Waals surface area contributed by atoms with Crippen LogP contribution in [0.15, 0.2) is 36.7 Å². The van der Waals surface area contributed by atoms with Gasteiger partial charge < -0.3 is 10.6 Å². The SMILES string of the molecule is CCCCNc1cnc(C(=O)Nc2cccc(C(C)=O)c2)cn1. The van der Waals surface area contributed by atoms with E-state index in [2.05, 4.69) is 27.5 Å². The van der Waals surface area contributed by atoms with Crippen LogP contribution in [-0.2, 0) is 0 Å². The molecule has 2 rings (SSSR count). The fraction of sp³-hybridized carbons (Fsp3) is 0.294. The van der Waals surface area contributed by atoms with Crippen molar-refractivity contribution >= 4 is 23.2 Å². The number of amides is 1. The van der Waals surface area contributed by atoms with Crippen molar-refractivity contribution in [1.82, 2.24) is 9.97 Å². The van der Waals surface area contributed by atoms with Gasteiger partial charge in [0.15, 0.2) is 5.78 Å². The Morgan fingerprint density at radius 3 is 2.65 bits per heavy atom. The lowest BCUT2D eigenvalue weighted by atomic mass is 10.1. The van der Waals surface area contributed by atoms with Gasteiger partial charge in [-0.1, -0.05) is 25.5 Å². The first kappa shape index (κ1) is 16.6. The minimum atomic E-state index is -0.363. The summed E-state index contributed by atoms with van der Waals surface area (Å²) in [6.07, 6.45) is 5.12. The molecule has 23 heavy (non-hydrogen) atoms. The quantitative estimate of drug-likeness (QED) is 0.606. The van der Waals surface area contributed by atoms with E-state index in [4.69, 9.17) is 0 Å². The number of Topliss-reactive ketones (excluding diaryl/α,β-unsaturated/α-hetero) is 1. The highest BCUT2D eigenvalue weighted by Gasteiger charge is 2.09. The number of nitrogens with zero attached hydrogens (tertiary/aromatic N) is 2. The van der Waals surface area contributed by atoms with Gasteiger partial charge in [-0.05, 0) is 25.5 Å². The van der Waals surface area contributed by atoms with Crippen molar-refractivity contribution < 1.29 is 9.59 Å². The fourth-order valence-electron chi connectivity index (χ4n) is 1.94. The maximum absolute atomic E-state index is 12.1. The van der Waals surface area contributed by atoms with Gasteiger partial charge in [0, 0.05) is 17.8 Å². The number of nitrogens with one attached hydrogen (secondary N) is 2. The third-order valence-corrected chi connectivity index (χ3v) is 3.25. The summed E-state index contributed by atoms with van der Waals surface area (Å²) in [7, 11) is 0. The van der Waals surface area contributed by atoms with Crippen LogP contribution in [0.3, 0.4) is 0 Å². The number of rotatable bonds is 7. The summed E-state index contributed by atoms with van der Waals surface area (Å²) in [6.45, 7) is 4.42. The van der Waals surface area contributed by atoms with E-state index in [1.807, 2.05) is 0 Å². The van der Waals surface area contributed by atoms with Crippen LogP contribution in [0, 0.1) is 0 Å². The molecule has 1 aromatic carbocycles. The first-order valence-electron chi connectivity index (χ1n) is 7.58. The van der Waals surface area contributed by atoms with Crippen molar-refractivity contribution in [2.75, 3.05) is 17.2 Å². The lowest BCUT2D eigenvalue weighted by molar-refractivity contribution is 0.100. The van der Waals surface area contributed by atoms with Crippen molar-refractivity contribution in [3.05, 3.63) is 47.9 Å². The molecule has 0 aliphatic rings. The number of anilines is 2. The standard InChI is InChI=1S/C17H20N4O2/c1-3-4-8-18-16-11-19-15(10-20-16)17(23)21-14-7-5-6-13(9-14)12(2)22/h5-7,9-11H,3-4,8H2,1-2H3,(H,18,20)(H,21,23). The molecule has 120 valence electrons. The molecular weight excluding hydrogens is 292 g/mol. The molecule has 1 aromatic heterocycles. The Hall–Kier alpha value is -2.76. The van der Waals surface area contributed by atoms with Crippen LogP contribution in [0.2, 0.25) is 0 Å². The molecule has 0 radical (unpaired) electrons. The van der Waals surface area contributed by atoms with E-state index in [9.17, 15) is 9.59 Å². The number of benzene rings is 1. The Morgan fingerprint density at radius 2 is 2.00 bits per heavy atom. The summed E-state index contributed by atoms with van der Waals surface area (Å²) >= 11 is 0. The predicted octanol–water partition coefficient (Wildman–Crippen LogP) is 3.14. The summed E-state index contributed by atoms with van der Waals surface area (Å²) in [6, 6.07) is 6.78. The lowest BCUT2D eigenvalue weighted by Gasteiger charge is -2.07. The van der Waals surface area contributed by atoms with Gasteiger partial charge in [0.1, 0.15) is 11.5 Å². The van der Waals surface area contributed by atoms with Crippen molar-refractivity contribution in [2.45, 2.75) is 26.7 Å². The molecule has 0 unspecified atom stereocenters. The number of hydrogen-bond donors (Lipinski definition) is 2. The second-order valence-electron chi connectivity index (χ2n) is 5.16. The Labute approximate surface area is 135 Å². The van der Waals surface area contributed by atoms with Crippen molar-refractivity contribution in [1.29, 1.82) is 0 Å². The van der Waals surface area contributed by atoms with Gasteiger partial charge in [-0.2, -0.15) is 0 Å². The second-order valence-corrected chi connectivity index (χ2v) is 5.16. The number of aromatic nitrogens is 2. The summed E-state index contributed by atoms with van der Waals surface area (Å²) in [5.74, 6) is 0.232. The van der Waals surface area contributed by atoms with Crippen LogP contribution >= 0.6 is 0 Å². The topological polar surface area (TPSA) is 84.0 Å². The average molecular weight is 312 g/mol. The average Bonchev–Trinajstić information content (AvgIpc) is 2.56. The largest absolute Gasteiger partial charge is 0.369 e. The third kappa shape index (κ3) is 4.88. The molecule has 2 aromatic rings. The molecular formula is C17H20N4O2. The van der Waals surface area contributed by atoms with Crippen molar-refractivity contribution in [3.8, 4) is 0 Å². The van der Waals surface area contributed by atoms with E-state index in [-0.39, 0.29) is 17.4 Å². The molecule has 0 aliphatic carbocycles. The molecule has 2 N–H and O–H groups in total. The van der Waals surface area contributed by atoms with Crippen molar-refractivity contribution in [2.24, 2.45) is 0 Å². The third-order valence-electron chi connectivity index (χ3n) is 3.25. The lowest BCUT2D eigenvalue weighted by Crippen LogP contribution is -2.15. The Kier molecular flexibility index (Phi) is 5.80. The van der Waals surface area contributed by atoms with Crippen LogP contribution in [0.1, 0.15) is 47.5 Å². The number of carbonyl (C=O) groups excluding carboxylic acids is 2. The molecule has 1 heterocycles. The van der Waals surface area contributed by atoms with Crippen molar-refractivity contribution in [3.63, 3.8) is 0 Å². The van der Waals surface area contributed by atoms with Crippen LogP contribution < -0.4 is 10.6 Å². The van der Waals surface area contributed by atoms with Gasteiger partial charge in [-0.3, -0.25) is 9.59 Å². The zero-order valence-electron chi connectivity index (χ0n) is 13.3. The zero-order valence-corrected chi connectivity index (χ0v) is 13.3. The molecule has 0 spiro atoms. The van der Waals surface area contributed by atoms with E-state index >= 15 is 0 Å². The first-order chi connectivity index (χ1) is 11.1. The van der Waals surface area contributed by atoms with E-state index in [1.165, 1.54) is 19.3 Å². The molecule has 0 atom stereocenters. The van der Waals surface area contributed by atoms with Gasteiger partial charge in [0.2, 0.25) is 0 Å². The van der Waals surface area contributed by atoms with Crippen LogP contribution in [0.4, 0.5) is 11.5 Å². The maximum Gasteiger partial charge on any atom is 0.275 e. The Bertz CT molecular complexity index is 683. The molecule has 1 amide bonds. The second kappa shape index (κ2) is 8.03. The molecule has 0 saturated heterocycles. The minimum Gasteiger partial charge on any atom is -0.369 e. The number of unbranched alkanes of at least 4 members (excludes halogenated alkanes) is 1. The highest BCUT2D eigenvalue weighted by atomic mass is 16.2. The smallest absolute Gasteiger partial charge is 0.275 e. The summed E-state index contributed by atoms with van der Waals surface area (Å²) in [5, 5.41) is 5.85. The molecule has 0 fully saturated rings. The molecule has 0 bridgehead atoms. The van der Waals surface area contributed by atoms with E-state index in [1.54, 1.807) is 24.3 Å². The Balaban J connectivity index is 2.00. The summed E-state index contributed by atoms with van der Waals surface area (Å²) in [5.41, 5.74) is 1.32. The Morgan fingerprint density at radius 1 is 1.17 bits per heavy atom. The monoisotopic (exact) mass is 312 g/mol. The fourth-order valence-corrected chi connectivity index (χ4v) is 1.94. The van der Waals surface area contributed by atoms with Crippen LogP contribution in [0.5, 0.6) is 0 Å². The van der Waals surface area contributed by atoms with Gasteiger partial charge in [0.05, 0.1) is 12.4 Å². The number of carbonyl (C=O) groups is 2. The summed E-state index contributed by atoms with van der Waals surface area (Å²) < 4.78 is 0. The molecule has 6 nitrogen and oxygen atoms in total. The van der Waals surface area contributed by atoms with Crippen LogP contribution in [0.25, 0.3) is 0 Å². The van der Waals surface area contributed by atoms with E-state index in [0.717, 1.165) is 19.4 Å². The number of ketones is 1. The highest BCUT2D eigenvalue weighted by Crippen LogP contribution is 2.12. The molecule has 0 aliphatic heterocycles.